The van der Waals surface area contributed by atoms with Gasteiger partial charge < -0.3 is 24.3 Å². The first-order valence-corrected chi connectivity index (χ1v) is 9.59. The van der Waals surface area contributed by atoms with Gasteiger partial charge in [0.15, 0.2) is 23.0 Å². The summed E-state index contributed by atoms with van der Waals surface area (Å²) in [6, 6.07) is 11.7. The summed E-state index contributed by atoms with van der Waals surface area (Å²) in [6.07, 6.45) is 2.09. The van der Waals surface area contributed by atoms with Gasteiger partial charge in [-0.1, -0.05) is 6.07 Å². The van der Waals surface area contributed by atoms with E-state index in [4.69, 9.17) is 18.9 Å². The largest absolute Gasteiger partial charge is 0.486 e. The van der Waals surface area contributed by atoms with Crippen molar-refractivity contribution in [3.05, 3.63) is 42.0 Å². The smallest absolute Gasteiger partial charge is 0.238 e. The summed E-state index contributed by atoms with van der Waals surface area (Å²) in [6.45, 7) is 2.61. The predicted molar refractivity (Wildman–Crippen MR) is 102 cm³/mol. The van der Waals surface area contributed by atoms with E-state index in [0.717, 1.165) is 36.4 Å². The monoisotopic (exact) mass is 382 g/mol. The molecule has 1 unspecified atom stereocenters. The van der Waals surface area contributed by atoms with Crippen LogP contribution in [0.3, 0.4) is 0 Å². The summed E-state index contributed by atoms with van der Waals surface area (Å²) >= 11 is 0. The van der Waals surface area contributed by atoms with Crippen molar-refractivity contribution >= 4 is 11.6 Å². The molecule has 1 atom stereocenters. The minimum atomic E-state index is -0.0386. The first-order valence-electron chi connectivity index (χ1n) is 9.59. The molecule has 0 bridgehead atoms. The molecule has 2 aromatic carbocycles. The van der Waals surface area contributed by atoms with E-state index in [2.05, 4.69) is 16.3 Å². The fraction of sp³-hybridized carbons (Fsp3) is 0.381. The van der Waals surface area contributed by atoms with Crippen LogP contribution in [0.25, 0.3) is 0 Å². The fourth-order valence-electron chi connectivity index (χ4n) is 4.02. The van der Waals surface area contributed by atoms with E-state index in [0.29, 0.717) is 36.9 Å². The van der Waals surface area contributed by atoms with Gasteiger partial charge in [0.25, 0.3) is 0 Å². The fourth-order valence-corrected chi connectivity index (χ4v) is 4.02. The van der Waals surface area contributed by atoms with E-state index in [1.54, 1.807) is 6.07 Å². The van der Waals surface area contributed by atoms with Crippen LogP contribution >= 0.6 is 0 Å². The molecule has 1 amide bonds. The van der Waals surface area contributed by atoms with E-state index in [-0.39, 0.29) is 18.7 Å². The first-order chi connectivity index (χ1) is 13.8. The number of likely N-dealkylation sites (tertiary alicyclic amines) is 1. The highest BCUT2D eigenvalue weighted by Crippen LogP contribution is 2.38. The van der Waals surface area contributed by atoms with Crippen LogP contribution in [-0.2, 0) is 4.79 Å². The maximum Gasteiger partial charge on any atom is 0.238 e. The van der Waals surface area contributed by atoms with Crippen molar-refractivity contribution in [2.24, 2.45) is 0 Å². The second kappa shape index (κ2) is 7.24. The highest BCUT2D eigenvalue weighted by Gasteiger charge is 2.29. The van der Waals surface area contributed by atoms with Crippen LogP contribution in [-0.4, -0.2) is 43.9 Å². The zero-order valence-electron chi connectivity index (χ0n) is 15.5. The highest BCUT2D eigenvalue weighted by molar-refractivity contribution is 5.92. The van der Waals surface area contributed by atoms with Crippen LogP contribution in [0.2, 0.25) is 0 Å². The average Bonchev–Trinajstić information content (AvgIpc) is 3.36. The Morgan fingerprint density at radius 2 is 1.71 bits per heavy atom. The third-order valence-corrected chi connectivity index (χ3v) is 5.32. The molecule has 1 saturated heterocycles. The van der Waals surface area contributed by atoms with Crippen molar-refractivity contribution < 1.29 is 23.7 Å². The Morgan fingerprint density at radius 3 is 2.64 bits per heavy atom. The Morgan fingerprint density at radius 1 is 0.964 bits per heavy atom. The molecular formula is C21H22N2O5. The van der Waals surface area contributed by atoms with E-state index in [9.17, 15) is 4.79 Å². The number of carbonyl (C=O) groups excluding carboxylic acids is 1. The lowest BCUT2D eigenvalue weighted by Crippen LogP contribution is -2.33. The van der Waals surface area contributed by atoms with Gasteiger partial charge in [-0.25, -0.2) is 0 Å². The maximum absolute atomic E-state index is 12.6. The number of amides is 1. The number of nitrogens with one attached hydrogen (secondary N) is 1. The Bertz CT molecular complexity index is 900. The SMILES string of the molecule is O=C(CN1CCCC1c1ccc2c(c1)OCCO2)Nc1ccc2c(c1)OCO2. The first kappa shape index (κ1) is 17.2. The molecule has 1 N–H and O–H groups in total. The van der Waals surface area contributed by atoms with Crippen molar-refractivity contribution in [2.75, 3.05) is 38.4 Å². The van der Waals surface area contributed by atoms with Gasteiger partial charge in [-0.05, 0) is 49.2 Å². The van der Waals surface area contributed by atoms with Gasteiger partial charge in [-0.2, -0.15) is 0 Å². The summed E-state index contributed by atoms with van der Waals surface area (Å²) < 4.78 is 22.0. The van der Waals surface area contributed by atoms with Gasteiger partial charge >= 0.3 is 0 Å². The molecule has 0 aromatic heterocycles. The van der Waals surface area contributed by atoms with E-state index in [1.807, 2.05) is 24.3 Å². The number of ether oxygens (including phenoxy) is 4. The molecule has 0 radical (unpaired) electrons. The van der Waals surface area contributed by atoms with Crippen molar-refractivity contribution in [2.45, 2.75) is 18.9 Å². The lowest BCUT2D eigenvalue weighted by Gasteiger charge is -2.26. The van der Waals surface area contributed by atoms with E-state index < -0.39 is 0 Å². The summed E-state index contributed by atoms with van der Waals surface area (Å²) in [7, 11) is 0. The van der Waals surface area contributed by atoms with Crippen LogP contribution in [0.1, 0.15) is 24.4 Å². The molecule has 1 fully saturated rings. The second-order valence-corrected chi connectivity index (χ2v) is 7.15. The van der Waals surface area contributed by atoms with Crippen LogP contribution in [0.5, 0.6) is 23.0 Å². The third-order valence-electron chi connectivity index (χ3n) is 5.32. The quantitative estimate of drug-likeness (QED) is 0.877. The highest BCUT2D eigenvalue weighted by atomic mass is 16.7. The molecule has 7 nitrogen and oxygen atoms in total. The zero-order chi connectivity index (χ0) is 18.9. The predicted octanol–water partition coefficient (Wildman–Crippen LogP) is 2.96. The van der Waals surface area contributed by atoms with E-state index in [1.165, 1.54) is 0 Å². The molecule has 5 rings (SSSR count). The molecule has 0 saturated carbocycles. The number of hydrogen-bond donors (Lipinski definition) is 1. The lowest BCUT2D eigenvalue weighted by molar-refractivity contribution is -0.117. The number of benzene rings is 2. The topological polar surface area (TPSA) is 69.3 Å². The molecule has 2 aromatic rings. The van der Waals surface area contributed by atoms with Gasteiger partial charge in [0.1, 0.15) is 13.2 Å². The molecule has 0 aliphatic carbocycles. The van der Waals surface area contributed by atoms with Gasteiger partial charge in [0, 0.05) is 17.8 Å². The molecule has 3 aliphatic heterocycles. The Balaban J connectivity index is 1.26. The summed E-state index contributed by atoms with van der Waals surface area (Å²) in [5.41, 5.74) is 1.88. The Hall–Kier alpha value is -2.93. The summed E-state index contributed by atoms with van der Waals surface area (Å²) in [5, 5.41) is 2.96. The number of rotatable bonds is 4. The molecule has 28 heavy (non-hydrogen) atoms. The zero-order valence-corrected chi connectivity index (χ0v) is 15.5. The van der Waals surface area contributed by atoms with E-state index >= 15 is 0 Å². The Labute approximate surface area is 163 Å². The second-order valence-electron chi connectivity index (χ2n) is 7.15. The molecule has 7 heteroatoms. The van der Waals surface area contributed by atoms with Gasteiger partial charge in [0.05, 0.1) is 6.54 Å². The maximum atomic E-state index is 12.6. The molecule has 146 valence electrons. The summed E-state index contributed by atoms with van der Waals surface area (Å²) in [4.78, 5) is 14.8. The van der Waals surface area contributed by atoms with Gasteiger partial charge in [0.2, 0.25) is 12.7 Å². The minimum absolute atomic E-state index is 0.0386. The number of hydrogen-bond acceptors (Lipinski definition) is 6. The van der Waals surface area contributed by atoms with Crippen molar-refractivity contribution in [3.8, 4) is 23.0 Å². The van der Waals surface area contributed by atoms with Crippen molar-refractivity contribution in [3.63, 3.8) is 0 Å². The lowest BCUT2D eigenvalue weighted by atomic mass is 10.0. The van der Waals surface area contributed by atoms with Crippen LogP contribution in [0.4, 0.5) is 5.69 Å². The van der Waals surface area contributed by atoms with Crippen molar-refractivity contribution in [1.82, 2.24) is 4.90 Å². The standard InChI is InChI=1S/C21H22N2O5/c24-21(22-15-4-6-18-20(11-15)28-13-27-18)12-23-7-1-2-16(23)14-3-5-17-19(10-14)26-9-8-25-17/h3-6,10-11,16H,1-2,7-9,12-13H2,(H,22,24). The minimum Gasteiger partial charge on any atom is -0.486 e. The Kier molecular flexibility index (Phi) is 4.44. The summed E-state index contributed by atoms with van der Waals surface area (Å²) in [5.74, 6) is 2.91. The van der Waals surface area contributed by atoms with Crippen LogP contribution in [0.15, 0.2) is 36.4 Å². The number of anilines is 1. The normalized spacial score (nSPS) is 20.2. The average molecular weight is 382 g/mol. The molecule has 3 heterocycles. The van der Waals surface area contributed by atoms with Crippen molar-refractivity contribution in [1.29, 1.82) is 0 Å². The molecule has 3 aliphatic rings. The number of carbonyl (C=O) groups is 1. The number of nitrogens with zero attached hydrogens (tertiary/aromatic N) is 1. The number of fused-ring (bicyclic) bond motifs is 2. The van der Waals surface area contributed by atoms with Gasteiger partial charge in [-0.3, -0.25) is 9.69 Å². The molecular weight excluding hydrogens is 360 g/mol. The van der Waals surface area contributed by atoms with Gasteiger partial charge in [-0.15, -0.1) is 0 Å². The molecule has 0 spiro atoms. The third kappa shape index (κ3) is 3.33. The van der Waals surface area contributed by atoms with Crippen LogP contribution < -0.4 is 24.3 Å². The van der Waals surface area contributed by atoms with Crippen LogP contribution in [0, 0.1) is 0 Å².